The zero-order valence-corrected chi connectivity index (χ0v) is 18.6. The third kappa shape index (κ3) is 4.38. The quantitative estimate of drug-likeness (QED) is 0.622. The number of rotatable bonds is 8. The average Bonchev–Trinajstić information content (AvgIpc) is 2.97. The van der Waals surface area contributed by atoms with E-state index in [2.05, 4.69) is 5.32 Å². The van der Waals surface area contributed by atoms with Crippen molar-refractivity contribution >= 4 is 33.6 Å². The van der Waals surface area contributed by atoms with E-state index in [-0.39, 0.29) is 19.0 Å². The monoisotopic (exact) mass is 447 g/mol. The number of methoxy groups -OCH3 is 3. The van der Waals surface area contributed by atoms with E-state index in [1.54, 1.807) is 42.5 Å². The van der Waals surface area contributed by atoms with Gasteiger partial charge in [-0.15, -0.1) is 0 Å². The molecule has 0 atom stereocenters. The van der Waals surface area contributed by atoms with Gasteiger partial charge in [-0.05, 0) is 35.9 Å². The average molecular weight is 448 g/mol. The number of anilines is 2. The van der Waals surface area contributed by atoms with Gasteiger partial charge < -0.3 is 19.5 Å². The fourth-order valence-corrected chi connectivity index (χ4v) is 4.71. The topological polar surface area (TPSA) is 97.4 Å². The molecule has 1 heterocycles. The smallest absolute Gasteiger partial charge is 0.326 e. The van der Waals surface area contributed by atoms with Gasteiger partial charge in [0.25, 0.3) is 0 Å². The molecule has 1 amide bonds. The third-order valence-electron chi connectivity index (χ3n) is 4.84. The normalized spacial score (nSPS) is 14.5. The minimum atomic E-state index is -3.64. The molecule has 0 saturated heterocycles. The highest BCUT2D eigenvalue weighted by molar-refractivity contribution is 7.94. The summed E-state index contributed by atoms with van der Waals surface area (Å²) >= 11 is 0. The first-order chi connectivity index (χ1) is 14.8. The van der Waals surface area contributed by atoms with Crippen LogP contribution in [0.2, 0.25) is 0 Å². The lowest BCUT2D eigenvalue weighted by Gasteiger charge is -2.19. The Labute approximate surface area is 182 Å². The Morgan fingerprint density at radius 1 is 1.03 bits per heavy atom. The molecular weight excluding hydrogens is 422 g/mol. The minimum Gasteiger partial charge on any atom is -0.493 e. The number of carbonyl (C=O) groups is 1. The lowest BCUT2D eigenvalue weighted by Crippen LogP contribution is -2.40. The van der Waals surface area contributed by atoms with Crippen molar-refractivity contribution < 1.29 is 27.4 Å². The SMILES string of the molecule is COc1cc(C=CC(=O)NCCN2c3ccccc3N(C)S2(=O)=O)cc(OC)c1OC. The second-order valence-corrected chi connectivity index (χ2v) is 8.50. The van der Waals surface area contributed by atoms with E-state index in [9.17, 15) is 13.2 Å². The molecule has 0 unspecified atom stereocenters. The molecule has 9 nitrogen and oxygen atoms in total. The number of fused-ring (bicyclic) bond motifs is 1. The van der Waals surface area contributed by atoms with E-state index in [0.29, 0.717) is 34.2 Å². The number of carbonyl (C=O) groups excluding carboxylic acids is 1. The summed E-state index contributed by atoms with van der Waals surface area (Å²) in [6.07, 6.45) is 2.97. The Morgan fingerprint density at radius 2 is 1.65 bits per heavy atom. The zero-order valence-electron chi connectivity index (χ0n) is 17.8. The number of benzene rings is 2. The first-order valence-electron chi connectivity index (χ1n) is 9.45. The largest absolute Gasteiger partial charge is 0.493 e. The number of amides is 1. The van der Waals surface area contributed by atoms with Gasteiger partial charge in [-0.25, -0.2) is 4.31 Å². The van der Waals surface area contributed by atoms with Crippen LogP contribution >= 0.6 is 0 Å². The summed E-state index contributed by atoms with van der Waals surface area (Å²) in [6, 6.07) is 10.5. The summed E-state index contributed by atoms with van der Waals surface area (Å²) in [5.74, 6) is 1.06. The van der Waals surface area contributed by atoms with Gasteiger partial charge in [0.15, 0.2) is 11.5 Å². The van der Waals surface area contributed by atoms with Crippen LogP contribution in [0.3, 0.4) is 0 Å². The van der Waals surface area contributed by atoms with Crippen molar-refractivity contribution in [3.05, 3.63) is 48.0 Å². The molecule has 0 aromatic heterocycles. The first-order valence-corrected chi connectivity index (χ1v) is 10.8. The molecule has 1 N–H and O–H groups in total. The van der Waals surface area contributed by atoms with E-state index in [1.165, 1.54) is 43.1 Å². The molecular formula is C21H25N3O6S. The molecule has 0 radical (unpaired) electrons. The van der Waals surface area contributed by atoms with Gasteiger partial charge in [0, 0.05) is 19.7 Å². The summed E-state index contributed by atoms with van der Waals surface area (Å²) in [6.45, 7) is 0.271. The van der Waals surface area contributed by atoms with Gasteiger partial charge in [-0.1, -0.05) is 12.1 Å². The fraction of sp³-hybridized carbons (Fsp3) is 0.286. The van der Waals surface area contributed by atoms with Crippen LogP contribution in [-0.4, -0.2) is 55.8 Å². The van der Waals surface area contributed by atoms with Crippen molar-refractivity contribution in [2.45, 2.75) is 0 Å². The summed E-state index contributed by atoms with van der Waals surface area (Å²) < 4.78 is 43.6. The highest BCUT2D eigenvalue weighted by Crippen LogP contribution is 2.39. The lowest BCUT2D eigenvalue weighted by molar-refractivity contribution is -0.116. The lowest BCUT2D eigenvalue weighted by atomic mass is 10.1. The van der Waals surface area contributed by atoms with Crippen LogP contribution < -0.4 is 28.1 Å². The molecule has 0 saturated carbocycles. The van der Waals surface area contributed by atoms with E-state index < -0.39 is 10.2 Å². The van der Waals surface area contributed by atoms with Crippen molar-refractivity contribution in [2.24, 2.45) is 0 Å². The number of hydrogen-bond donors (Lipinski definition) is 1. The second-order valence-electron chi connectivity index (χ2n) is 6.62. The molecule has 1 aliphatic heterocycles. The number of para-hydroxylation sites is 2. The maximum atomic E-state index is 12.6. The van der Waals surface area contributed by atoms with Crippen molar-refractivity contribution in [3.8, 4) is 17.2 Å². The van der Waals surface area contributed by atoms with Gasteiger partial charge in [-0.2, -0.15) is 8.42 Å². The van der Waals surface area contributed by atoms with Crippen molar-refractivity contribution in [2.75, 3.05) is 50.1 Å². The van der Waals surface area contributed by atoms with E-state index in [4.69, 9.17) is 14.2 Å². The molecule has 0 bridgehead atoms. The summed E-state index contributed by atoms with van der Waals surface area (Å²) in [5, 5.41) is 2.71. The zero-order chi connectivity index (χ0) is 22.6. The Bertz CT molecular complexity index is 1080. The Balaban J connectivity index is 1.64. The Kier molecular flexibility index (Phi) is 6.59. The number of ether oxygens (including phenoxy) is 3. The number of hydrogen-bond acceptors (Lipinski definition) is 6. The maximum Gasteiger partial charge on any atom is 0.326 e. The molecule has 1 aliphatic rings. The van der Waals surface area contributed by atoms with Crippen LogP contribution in [0.4, 0.5) is 11.4 Å². The summed E-state index contributed by atoms with van der Waals surface area (Å²) in [7, 11) is 2.41. The first kappa shape index (κ1) is 22.3. The van der Waals surface area contributed by atoms with E-state index in [1.807, 2.05) is 0 Å². The standard InChI is InChI=1S/C21H25N3O6S/c1-23-16-7-5-6-8-17(16)24(31(23,26)27)12-11-22-20(25)10-9-15-13-18(28-2)21(30-4)19(14-15)29-3/h5-10,13-14H,11-12H2,1-4H3,(H,22,25). The van der Waals surface area contributed by atoms with Crippen molar-refractivity contribution in [1.29, 1.82) is 0 Å². The molecule has 31 heavy (non-hydrogen) atoms. The van der Waals surface area contributed by atoms with Crippen molar-refractivity contribution in [3.63, 3.8) is 0 Å². The third-order valence-corrected chi connectivity index (χ3v) is 6.67. The minimum absolute atomic E-state index is 0.119. The highest BCUT2D eigenvalue weighted by Gasteiger charge is 2.37. The second kappa shape index (κ2) is 9.17. The maximum absolute atomic E-state index is 12.6. The summed E-state index contributed by atoms with van der Waals surface area (Å²) in [4.78, 5) is 12.2. The van der Waals surface area contributed by atoms with Crippen LogP contribution in [0.25, 0.3) is 6.08 Å². The molecule has 2 aromatic rings. The van der Waals surface area contributed by atoms with Crippen LogP contribution in [0.5, 0.6) is 17.2 Å². The number of nitrogens with one attached hydrogen (secondary N) is 1. The molecule has 10 heteroatoms. The summed E-state index contributed by atoms with van der Waals surface area (Å²) in [5.41, 5.74) is 1.88. The van der Waals surface area contributed by atoms with E-state index >= 15 is 0 Å². The van der Waals surface area contributed by atoms with Gasteiger partial charge >= 0.3 is 10.2 Å². The molecule has 0 fully saturated rings. The van der Waals surface area contributed by atoms with Gasteiger partial charge in [-0.3, -0.25) is 9.10 Å². The van der Waals surface area contributed by atoms with Crippen LogP contribution in [0.15, 0.2) is 42.5 Å². The fourth-order valence-electron chi connectivity index (χ4n) is 3.28. The number of nitrogens with zero attached hydrogens (tertiary/aromatic N) is 2. The van der Waals surface area contributed by atoms with Gasteiger partial charge in [0.05, 0.1) is 39.2 Å². The Morgan fingerprint density at radius 3 is 2.23 bits per heavy atom. The van der Waals surface area contributed by atoms with Gasteiger partial charge in [0.1, 0.15) is 0 Å². The van der Waals surface area contributed by atoms with Crippen LogP contribution in [0.1, 0.15) is 5.56 Å². The van der Waals surface area contributed by atoms with E-state index in [0.717, 1.165) is 0 Å². The highest BCUT2D eigenvalue weighted by atomic mass is 32.2. The van der Waals surface area contributed by atoms with Gasteiger partial charge in [0.2, 0.25) is 11.7 Å². The molecule has 3 rings (SSSR count). The predicted octanol–water partition coefficient (Wildman–Crippen LogP) is 2.04. The molecule has 0 spiro atoms. The van der Waals surface area contributed by atoms with Crippen LogP contribution in [0, 0.1) is 0 Å². The van der Waals surface area contributed by atoms with Crippen LogP contribution in [-0.2, 0) is 15.0 Å². The molecule has 166 valence electrons. The van der Waals surface area contributed by atoms with Crippen molar-refractivity contribution in [1.82, 2.24) is 5.32 Å². The Hall–Kier alpha value is -3.40. The predicted molar refractivity (Wildman–Crippen MR) is 119 cm³/mol. The molecule has 2 aromatic carbocycles. The molecule has 0 aliphatic carbocycles.